The molecule has 0 radical (unpaired) electrons. The van der Waals surface area contributed by atoms with E-state index in [1.165, 1.54) is 0 Å². The Labute approximate surface area is 96.2 Å². The van der Waals surface area contributed by atoms with Crippen molar-refractivity contribution in [2.45, 2.75) is 0 Å². The number of hydrogen-bond acceptors (Lipinski definition) is 2. The predicted molar refractivity (Wildman–Crippen MR) is 61.3 cm³/mol. The molecule has 0 unspecified atom stereocenters. The zero-order valence-electron chi connectivity index (χ0n) is 8.65. The molecule has 2 aromatic rings. The number of nitrogens with one attached hydrogen (secondary N) is 1. The van der Waals surface area contributed by atoms with Crippen molar-refractivity contribution in [3.63, 3.8) is 0 Å². The molecule has 4 N–H and O–H groups in total. The number of fused-ring (bicyclic) bond motifs is 1. The van der Waals surface area contributed by atoms with Crippen molar-refractivity contribution in [3.05, 3.63) is 35.5 Å². The maximum Gasteiger partial charge on any atom is 0.353 e. The molecule has 1 aromatic heterocycles. The molecule has 1 heterocycles. The fourth-order valence-corrected chi connectivity index (χ4v) is 1.56. The van der Waals surface area contributed by atoms with Crippen molar-refractivity contribution in [1.82, 2.24) is 4.98 Å². The van der Waals surface area contributed by atoms with E-state index in [4.69, 9.17) is 10.8 Å². The molecular formula is C12H8N2O3. The van der Waals surface area contributed by atoms with Crippen LogP contribution in [0.4, 0.5) is 0 Å². The van der Waals surface area contributed by atoms with Gasteiger partial charge in [-0.25, -0.2) is 4.79 Å². The first-order valence-corrected chi connectivity index (χ1v) is 4.75. The van der Waals surface area contributed by atoms with E-state index in [2.05, 4.69) is 16.8 Å². The number of para-hydroxylation sites is 1. The monoisotopic (exact) mass is 228 g/mol. The Hall–Kier alpha value is -2.74. The van der Waals surface area contributed by atoms with Crippen molar-refractivity contribution < 1.29 is 14.7 Å². The molecule has 1 aromatic carbocycles. The number of amides is 1. The van der Waals surface area contributed by atoms with Crippen LogP contribution in [-0.4, -0.2) is 22.0 Å². The van der Waals surface area contributed by atoms with Gasteiger partial charge in [-0.05, 0) is 6.07 Å². The first-order chi connectivity index (χ1) is 8.09. The lowest BCUT2D eigenvalue weighted by Gasteiger charge is -1.90. The molecular weight excluding hydrogens is 220 g/mol. The Morgan fingerprint density at radius 1 is 1.29 bits per heavy atom. The number of carbonyl (C=O) groups excluding carboxylic acids is 1. The molecule has 0 spiro atoms. The van der Waals surface area contributed by atoms with Crippen LogP contribution in [0.2, 0.25) is 0 Å². The molecule has 2 rings (SSSR count). The number of aromatic carboxylic acids is 1. The fourth-order valence-electron chi connectivity index (χ4n) is 1.56. The third kappa shape index (κ3) is 1.96. The second-order valence-electron chi connectivity index (χ2n) is 3.34. The van der Waals surface area contributed by atoms with E-state index in [1.54, 1.807) is 24.3 Å². The van der Waals surface area contributed by atoms with Gasteiger partial charge in [0.25, 0.3) is 5.91 Å². The molecule has 84 valence electrons. The Balaban J connectivity index is 2.74. The minimum atomic E-state index is -1.13. The van der Waals surface area contributed by atoms with E-state index in [0.29, 0.717) is 10.9 Å². The van der Waals surface area contributed by atoms with Crippen LogP contribution in [0.1, 0.15) is 16.1 Å². The van der Waals surface area contributed by atoms with Gasteiger partial charge in [0.1, 0.15) is 5.69 Å². The van der Waals surface area contributed by atoms with E-state index in [0.717, 1.165) is 0 Å². The molecule has 0 aliphatic rings. The third-order valence-electron chi connectivity index (χ3n) is 2.23. The predicted octanol–water partition coefficient (Wildman–Crippen LogP) is 0.703. The molecule has 0 fully saturated rings. The van der Waals surface area contributed by atoms with Crippen molar-refractivity contribution in [1.29, 1.82) is 0 Å². The van der Waals surface area contributed by atoms with Crippen LogP contribution in [0.25, 0.3) is 10.9 Å². The number of carbonyl (C=O) groups is 2. The number of benzene rings is 1. The molecule has 5 nitrogen and oxygen atoms in total. The largest absolute Gasteiger partial charge is 0.477 e. The van der Waals surface area contributed by atoms with Crippen molar-refractivity contribution in [2.75, 3.05) is 0 Å². The van der Waals surface area contributed by atoms with Gasteiger partial charge >= 0.3 is 5.97 Å². The molecule has 0 bridgehead atoms. The maximum atomic E-state index is 11.0. The van der Waals surface area contributed by atoms with E-state index in [9.17, 15) is 9.59 Å². The SMILES string of the molecule is NC(=O)C#Cc1c(C(=O)O)[nH]c2ccccc12. The lowest BCUT2D eigenvalue weighted by molar-refractivity contribution is -0.112. The number of aromatic nitrogens is 1. The van der Waals surface area contributed by atoms with Crippen LogP contribution < -0.4 is 5.73 Å². The standard InChI is InChI=1S/C12H8N2O3/c13-10(15)6-5-8-7-3-1-2-4-9(7)14-11(8)12(16)17/h1-4,14H,(H2,13,15)(H,16,17). The highest BCUT2D eigenvalue weighted by Gasteiger charge is 2.14. The molecule has 5 heteroatoms. The van der Waals surface area contributed by atoms with Gasteiger partial charge in [-0.15, -0.1) is 0 Å². The molecule has 1 amide bonds. The number of carboxylic acid groups (broad SMARTS) is 1. The Morgan fingerprint density at radius 3 is 2.65 bits per heavy atom. The van der Waals surface area contributed by atoms with Crippen molar-refractivity contribution in [2.24, 2.45) is 5.73 Å². The number of hydrogen-bond donors (Lipinski definition) is 3. The quantitative estimate of drug-likeness (QED) is 0.627. The highest BCUT2D eigenvalue weighted by molar-refractivity contribution is 6.01. The Morgan fingerprint density at radius 2 is 2.00 bits per heavy atom. The van der Waals surface area contributed by atoms with Gasteiger partial charge in [0.2, 0.25) is 0 Å². The topological polar surface area (TPSA) is 96.2 Å². The van der Waals surface area contributed by atoms with Crippen LogP contribution >= 0.6 is 0 Å². The number of carboxylic acids is 1. The maximum absolute atomic E-state index is 11.0. The summed E-state index contributed by atoms with van der Waals surface area (Å²) in [7, 11) is 0. The van der Waals surface area contributed by atoms with Gasteiger partial charge < -0.3 is 15.8 Å². The smallest absolute Gasteiger partial charge is 0.353 e. The van der Waals surface area contributed by atoms with Crippen LogP contribution in [-0.2, 0) is 4.79 Å². The van der Waals surface area contributed by atoms with Crippen molar-refractivity contribution >= 4 is 22.8 Å². The molecule has 0 saturated carbocycles. The third-order valence-corrected chi connectivity index (χ3v) is 2.23. The minimum Gasteiger partial charge on any atom is -0.477 e. The minimum absolute atomic E-state index is 0.0417. The summed E-state index contributed by atoms with van der Waals surface area (Å²) < 4.78 is 0. The van der Waals surface area contributed by atoms with Gasteiger partial charge in [-0.1, -0.05) is 24.1 Å². The highest BCUT2D eigenvalue weighted by Crippen LogP contribution is 2.21. The summed E-state index contributed by atoms with van der Waals surface area (Å²) in [4.78, 5) is 24.4. The molecule has 0 saturated heterocycles. The second-order valence-corrected chi connectivity index (χ2v) is 3.34. The number of rotatable bonds is 1. The van der Waals surface area contributed by atoms with Crippen LogP contribution in [0.3, 0.4) is 0 Å². The molecule has 17 heavy (non-hydrogen) atoms. The van der Waals surface area contributed by atoms with Gasteiger partial charge in [-0.2, -0.15) is 0 Å². The Bertz CT molecular complexity index is 674. The summed E-state index contributed by atoms with van der Waals surface area (Å²) in [6.45, 7) is 0. The van der Waals surface area contributed by atoms with Crippen molar-refractivity contribution in [3.8, 4) is 11.8 Å². The normalized spacial score (nSPS) is 9.65. The zero-order chi connectivity index (χ0) is 12.4. The van der Waals surface area contributed by atoms with E-state index >= 15 is 0 Å². The number of H-pyrrole nitrogens is 1. The second kappa shape index (κ2) is 4.02. The zero-order valence-corrected chi connectivity index (χ0v) is 8.65. The van der Waals surface area contributed by atoms with Gasteiger partial charge in [0.15, 0.2) is 0 Å². The number of nitrogens with two attached hydrogens (primary N) is 1. The average molecular weight is 228 g/mol. The first-order valence-electron chi connectivity index (χ1n) is 4.75. The lowest BCUT2D eigenvalue weighted by Crippen LogP contribution is -2.06. The van der Waals surface area contributed by atoms with Crippen LogP contribution in [0.5, 0.6) is 0 Å². The summed E-state index contributed by atoms with van der Waals surface area (Å²) in [6.07, 6.45) is 0. The summed E-state index contributed by atoms with van der Waals surface area (Å²) in [6, 6.07) is 6.99. The fraction of sp³-hybridized carbons (Fsp3) is 0. The van der Waals surface area contributed by atoms with Crippen LogP contribution in [0, 0.1) is 11.8 Å². The van der Waals surface area contributed by atoms with Gasteiger partial charge in [-0.3, -0.25) is 4.79 Å². The van der Waals surface area contributed by atoms with E-state index < -0.39 is 11.9 Å². The van der Waals surface area contributed by atoms with Crippen LogP contribution in [0.15, 0.2) is 24.3 Å². The van der Waals surface area contributed by atoms with Gasteiger partial charge in [0, 0.05) is 16.8 Å². The summed E-state index contributed by atoms with van der Waals surface area (Å²) in [5.74, 6) is 2.69. The first kappa shape index (κ1) is 10.8. The molecule has 0 aliphatic heterocycles. The average Bonchev–Trinajstić information content (AvgIpc) is 2.65. The summed E-state index contributed by atoms with van der Waals surface area (Å²) in [5.41, 5.74) is 5.79. The van der Waals surface area contributed by atoms with E-state index in [1.807, 2.05) is 0 Å². The summed E-state index contributed by atoms with van der Waals surface area (Å²) >= 11 is 0. The lowest BCUT2D eigenvalue weighted by atomic mass is 10.1. The highest BCUT2D eigenvalue weighted by atomic mass is 16.4. The Kier molecular flexibility index (Phi) is 2.55. The van der Waals surface area contributed by atoms with Gasteiger partial charge in [0.05, 0.1) is 5.56 Å². The van der Waals surface area contributed by atoms with E-state index in [-0.39, 0.29) is 11.3 Å². The number of primary amides is 1. The molecule has 0 atom stereocenters. The molecule has 0 aliphatic carbocycles. The number of aromatic amines is 1. The summed E-state index contributed by atoms with van der Waals surface area (Å²) in [5, 5.41) is 9.67.